The van der Waals surface area contributed by atoms with Gasteiger partial charge in [-0.1, -0.05) is 85.8 Å². The second-order valence-corrected chi connectivity index (χ2v) is 8.90. The van der Waals surface area contributed by atoms with Gasteiger partial charge in [-0.15, -0.1) is 0 Å². The monoisotopic (exact) mass is 461 g/mol. The van der Waals surface area contributed by atoms with Crippen LogP contribution in [0, 0.1) is 5.82 Å². The zero-order chi connectivity index (χ0) is 23.2. The van der Waals surface area contributed by atoms with Gasteiger partial charge in [0.2, 0.25) is 5.91 Å². The number of halogens is 1. The maximum absolute atomic E-state index is 14.2. The third-order valence-electron chi connectivity index (χ3n) is 5.84. The van der Waals surface area contributed by atoms with Crippen molar-refractivity contribution in [1.82, 2.24) is 9.88 Å². The molecule has 0 aliphatic carbocycles. The Kier molecular flexibility index (Phi) is 7.47. The number of fused-ring (bicyclic) bond motifs is 1. The first-order valence-electron chi connectivity index (χ1n) is 11.3. The molecule has 0 N–H and O–H groups in total. The number of rotatable bonds is 9. The molecule has 6 heteroatoms. The molecule has 4 aromatic rings. The largest absolute Gasteiger partial charge is 0.302 e. The Labute approximate surface area is 198 Å². The van der Waals surface area contributed by atoms with Gasteiger partial charge in [0.15, 0.2) is 5.13 Å². The average molecular weight is 462 g/mol. The number of carbonyl (C=O) groups excluding carboxylic acids is 1. The van der Waals surface area contributed by atoms with Crippen molar-refractivity contribution in [3.8, 4) is 11.1 Å². The maximum atomic E-state index is 14.2. The van der Waals surface area contributed by atoms with E-state index in [1.807, 2.05) is 48.5 Å². The van der Waals surface area contributed by atoms with Gasteiger partial charge in [-0.3, -0.25) is 9.69 Å². The highest BCUT2D eigenvalue weighted by molar-refractivity contribution is 7.22. The van der Waals surface area contributed by atoms with Gasteiger partial charge in [-0.25, -0.2) is 9.37 Å². The number of benzene rings is 3. The van der Waals surface area contributed by atoms with Crippen LogP contribution >= 0.6 is 11.3 Å². The second kappa shape index (κ2) is 10.7. The molecule has 4 rings (SSSR count). The first-order chi connectivity index (χ1) is 16.1. The summed E-state index contributed by atoms with van der Waals surface area (Å²) in [6, 6.07) is 23.2. The third kappa shape index (κ3) is 5.46. The Bertz CT molecular complexity index is 1200. The first-order valence-corrected chi connectivity index (χ1v) is 12.1. The second-order valence-electron chi connectivity index (χ2n) is 7.90. The molecular weight excluding hydrogens is 433 g/mol. The third-order valence-corrected chi connectivity index (χ3v) is 6.88. The van der Waals surface area contributed by atoms with Crippen molar-refractivity contribution in [2.45, 2.75) is 20.3 Å². The summed E-state index contributed by atoms with van der Waals surface area (Å²) in [4.78, 5) is 21.9. The van der Waals surface area contributed by atoms with Crippen LogP contribution in [0.1, 0.15) is 19.4 Å². The molecule has 0 unspecified atom stereocenters. The van der Waals surface area contributed by atoms with Crippen LogP contribution in [0.25, 0.3) is 21.3 Å². The fourth-order valence-corrected chi connectivity index (χ4v) is 4.87. The molecule has 0 bridgehead atoms. The number of thiazole rings is 1. The van der Waals surface area contributed by atoms with Crippen molar-refractivity contribution < 1.29 is 9.18 Å². The van der Waals surface area contributed by atoms with Crippen molar-refractivity contribution in [1.29, 1.82) is 0 Å². The van der Waals surface area contributed by atoms with E-state index in [1.54, 1.807) is 11.0 Å². The van der Waals surface area contributed by atoms with Crippen LogP contribution in [-0.4, -0.2) is 42.0 Å². The molecule has 0 radical (unpaired) electrons. The lowest BCUT2D eigenvalue weighted by Crippen LogP contribution is -2.39. The minimum Gasteiger partial charge on any atom is -0.302 e. The summed E-state index contributed by atoms with van der Waals surface area (Å²) < 4.78 is 15.0. The van der Waals surface area contributed by atoms with E-state index in [9.17, 15) is 9.18 Å². The van der Waals surface area contributed by atoms with E-state index < -0.39 is 0 Å². The van der Waals surface area contributed by atoms with Crippen molar-refractivity contribution in [3.63, 3.8) is 0 Å². The van der Waals surface area contributed by atoms with Crippen LogP contribution < -0.4 is 4.90 Å². The number of hydrogen-bond acceptors (Lipinski definition) is 4. The number of anilines is 1. The maximum Gasteiger partial charge on any atom is 0.233 e. The fraction of sp³-hybridized carbons (Fsp3) is 0.259. The van der Waals surface area contributed by atoms with Crippen molar-refractivity contribution in [2.24, 2.45) is 0 Å². The Balaban J connectivity index is 1.56. The summed E-state index contributed by atoms with van der Waals surface area (Å²) in [6.45, 7) is 7.30. The smallest absolute Gasteiger partial charge is 0.233 e. The van der Waals surface area contributed by atoms with E-state index in [1.165, 1.54) is 17.4 Å². The van der Waals surface area contributed by atoms with Crippen LogP contribution in [0.4, 0.5) is 9.52 Å². The molecule has 1 aromatic heterocycles. The van der Waals surface area contributed by atoms with Gasteiger partial charge in [0, 0.05) is 13.1 Å². The standard InChI is InChI=1S/C27H28FN3OS/c1-3-30(4-2)17-18-31(27-29-26-23(28)11-8-12-24(26)33-27)25(32)19-20-13-15-22(16-14-20)21-9-6-5-7-10-21/h5-16H,3-4,17-19H2,1-2H3. The number of para-hydroxylation sites is 1. The highest BCUT2D eigenvalue weighted by Gasteiger charge is 2.21. The highest BCUT2D eigenvalue weighted by atomic mass is 32.1. The number of aromatic nitrogens is 1. The zero-order valence-electron chi connectivity index (χ0n) is 19.0. The topological polar surface area (TPSA) is 36.4 Å². The molecule has 170 valence electrons. The van der Waals surface area contributed by atoms with Crippen LogP contribution in [0.15, 0.2) is 72.8 Å². The van der Waals surface area contributed by atoms with Gasteiger partial charge >= 0.3 is 0 Å². The lowest BCUT2D eigenvalue weighted by Gasteiger charge is -2.24. The van der Waals surface area contributed by atoms with E-state index >= 15 is 0 Å². The van der Waals surface area contributed by atoms with Crippen LogP contribution in [0.3, 0.4) is 0 Å². The van der Waals surface area contributed by atoms with Gasteiger partial charge in [0.05, 0.1) is 11.1 Å². The van der Waals surface area contributed by atoms with E-state index in [0.717, 1.165) is 41.0 Å². The molecule has 0 spiro atoms. The van der Waals surface area contributed by atoms with E-state index in [0.29, 0.717) is 17.2 Å². The molecule has 1 amide bonds. The van der Waals surface area contributed by atoms with E-state index in [-0.39, 0.29) is 18.1 Å². The SMILES string of the molecule is CCN(CC)CCN(C(=O)Cc1ccc(-c2ccccc2)cc1)c1nc2c(F)cccc2s1. The molecule has 0 atom stereocenters. The lowest BCUT2D eigenvalue weighted by atomic mass is 10.0. The number of hydrogen-bond donors (Lipinski definition) is 0. The van der Waals surface area contributed by atoms with Crippen molar-refractivity contribution in [2.75, 3.05) is 31.1 Å². The summed E-state index contributed by atoms with van der Waals surface area (Å²) in [5.74, 6) is -0.392. The minimum atomic E-state index is -0.359. The van der Waals surface area contributed by atoms with Crippen LogP contribution in [-0.2, 0) is 11.2 Å². The molecule has 4 nitrogen and oxygen atoms in total. The summed E-state index contributed by atoms with van der Waals surface area (Å²) in [6.07, 6.45) is 0.270. The van der Waals surface area contributed by atoms with Gasteiger partial charge in [-0.05, 0) is 41.9 Å². The number of amides is 1. The molecule has 0 saturated carbocycles. The quantitative estimate of drug-likeness (QED) is 0.306. The Morgan fingerprint density at radius 1 is 0.879 bits per heavy atom. The Morgan fingerprint density at radius 2 is 1.58 bits per heavy atom. The predicted molar refractivity (Wildman–Crippen MR) is 135 cm³/mol. The summed E-state index contributed by atoms with van der Waals surface area (Å²) in [5.41, 5.74) is 3.53. The molecule has 1 heterocycles. The molecule has 33 heavy (non-hydrogen) atoms. The highest BCUT2D eigenvalue weighted by Crippen LogP contribution is 2.31. The van der Waals surface area contributed by atoms with Crippen molar-refractivity contribution in [3.05, 3.63) is 84.2 Å². The average Bonchev–Trinajstić information content (AvgIpc) is 3.28. The van der Waals surface area contributed by atoms with Gasteiger partial charge < -0.3 is 4.90 Å². The zero-order valence-corrected chi connectivity index (χ0v) is 19.8. The molecule has 0 saturated heterocycles. The van der Waals surface area contributed by atoms with Gasteiger partial charge in [0.1, 0.15) is 11.3 Å². The summed E-state index contributed by atoms with van der Waals surface area (Å²) in [5, 5.41) is 0.549. The minimum absolute atomic E-state index is 0.0333. The fourth-order valence-electron chi connectivity index (χ4n) is 3.84. The summed E-state index contributed by atoms with van der Waals surface area (Å²) >= 11 is 1.36. The van der Waals surface area contributed by atoms with Crippen LogP contribution in [0.5, 0.6) is 0 Å². The number of likely N-dealkylation sites (N-methyl/N-ethyl adjacent to an activating group) is 1. The molecule has 0 aliphatic heterocycles. The predicted octanol–water partition coefficient (Wildman–Crippen LogP) is 6.02. The Morgan fingerprint density at radius 3 is 2.24 bits per heavy atom. The number of carbonyl (C=O) groups is 1. The van der Waals surface area contributed by atoms with Crippen molar-refractivity contribution >= 4 is 32.6 Å². The van der Waals surface area contributed by atoms with E-state index in [4.69, 9.17) is 0 Å². The van der Waals surface area contributed by atoms with Crippen LogP contribution in [0.2, 0.25) is 0 Å². The normalized spacial score (nSPS) is 11.3. The first kappa shape index (κ1) is 23.1. The molecule has 3 aromatic carbocycles. The Hall–Kier alpha value is -3.09. The van der Waals surface area contributed by atoms with Gasteiger partial charge in [0.25, 0.3) is 0 Å². The van der Waals surface area contributed by atoms with E-state index in [2.05, 4.69) is 35.9 Å². The molecule has 0 fully saturated rings. The summed E-state index contributed by atoms with van der Waals surface area (Å²) in [7, 11) is 0. The number of nitrogens with zero attached hydrogens (tertiary/aromatic N) is 3. The molecular formula is C27H28FN3OS. The van der Waals surface area contributed by atoms with Gasteiger partial charge in [-0.2, -0.15) is 0 Å². The molecule has 0 aliphatic rings. The lowest BCUT2D eigenvalue weighted by molar-refractivity contribution is -0.118.